The zero-order chi connectivity index (χ0) is 15.2. The van der Waals surface area contributed by atoms with Crippen LogP contribution in [-0.4, -0.2) is 19.5 Å². The van der Waals surface area contributed by atoms with E-state index in [2.05, 4.69) is 26.5 Å². The van der Waals surface area contributed by atoms with E-state index < -0.39 is 0 Å². The molecule has 0 fully saturated rings. The number of nitrogens with one attached hydrogen (secondary N) is 1. The molecule has 2 heterocycles. The lowest BCUT2D eigenvalue weighted by atomic mass is 10.2. The SMILES string of the molecule is N#CCCn1cnc2c(NOCc3ccccc3)ncnc21. The Balaban J connectivity index is 1.71. The van der Waals surface area contributed by atoms with Gasteiger partial charge in [0.05, 0.1) is 25.4 Å². The number of hydrogen-bond donors (Lipinski definition) is 1. The topological polar surface area (TPSA) is 88.7 Å². The number of benzene rings is 1. The Morgan fingerprint density at radius 2 is 2.05 bits per heavy atom. The molecule has 0 saturated carbocycles. The zero-order valence-corrected chi connectivity index (χ0v) is 11.8. The Morgan fingerprint density at radius 3 is 2.86 bits per heavy atom. The van der Waals surface area contributed by atoms with E-state index in [0.717, 1.165) is 5.56 Å². The van der Waals surface area contributed by atoms with Crippen LogP contribution in [0.15, 0.2) is 43.0 Å². The van der Waals surface area contributed by atoms with E-state index in [0.29, 0.717) is 36.6 Å². The molecule has 3 rings (SSSR count). The summed E-state index contributed by atoms with van der Waals surface area (Å²) in [6.45, 7) is 0.968. The molecule has 7 nitrogen and oxygen atoms in total. The van der Waals surface area contributed by atoms with Crippen LogP contribution in [0.3, 0.4) is 0 Å². The fourth-order valence-electron chi connectivity index (χ4n) is 2.05. The smallest absolute Gasteiger partial charge is 0.181 e. The average Bonchev–Trinajstić information content (AvgIpc) is 2.98. The number of nitrogens with zero attached hydrogens (tertiary/aromatic N) is 5. The lowest BCUT2D eigenvalue weighted by Crippen LogP contribution is -2.05. The van der Waals surface area contributed by atoms with Gasteiger partial charge in [0.1, 0.15) is 6.33 Å². The van der Waals surface area contributed by atoms with E-state index in [4.69, 9.17) is 10.1 Å². The number of rotatable bonds is 6. The molecule has 7 heteroatoms. The van der Waals surface area contributed by atoms with Crippen LogP contribution in [0.1, 0.15) is 12.0 Å². The van der Waals surface area contributed by atoms with Crippen LogP contribution in [0, 0.1) is 11.3 Å². The van der Waals surface area contributed by atoms with Gasteiger partial charge < -0.3 is 4.57 Å². The number of hydrogen-bond acceptors (Lipinski definition) is 6. The minimum absolute atomic E-state index is 0.405. The summed E-state index contributed by atoms with van der Waals surface area (Å²) in [6, 6.07) is 11.9. The molecule has 0 aliphatic carbocycles. The zero-order valence-electron chi connectivity index (χ0n) is 11.8. The fraction of sp³-hybridized carbons (Fsp3) is 0.200. The van der Waals surface area contributed by atoms with Crippen LogP contribution < -0.4 is 5.48 Å². The quantitative estimate of drug-likeness (QED) is 0.702. The van der Waals surface area contributed by atoms with E-state index in [-0.39, 0.29) is 0 Å². The summed E-state index contributed by atoms with van der Waals surface area (Å²) in [5.41, 5.74) is 5.16. The third kappa shape index (κ3) is 3.02. The second-order valence-corrected chi connectivity index (χ2v) is 4.62. The summed E-state index contributed by atoms with van der Waals surface area (Å²) in [7, 11) is 0. The van der Waals surface area contributed by atoms with Gasteiger partial charge in [-0.05, 0) is 5.56 Å². The molecule has 0 spiro atoms. The van der Waals surface area contributed by atoms with Crippen LogP contribution in [0.5, 0.6) is 0 Å². The van der Waals surface area contributed by atoms with E-state index >= 15 is 0 Å². The fourth-order valence-corrected chi connectivity index (χ4v) is 2.05. The van der Waals surface area contributed by atoms with Gasteiger partial charge in [0.2, 0.25) is 0 Å². The number of aryl methyl sites for hydroxylation is 1. The number of imidazole rings is 1. The number of anilines is 1. The van der Waals surface area contributed by atoms with Crippen molar-refractivity contribution in [2.24, 2.45) is 0 Å². The third-order valence-electron chi connectivity index (χ3n) is 3.12. The van der Waals surface area contributed by atoms with Crippen molar-refractivity contribution in [2.45, 2.75) is 19.6 Å². The standard InChI is InChI=1S/C15H14N6O/c16-7-4-8-21-11-19-13-14(17-10-18-15(13)21)20-22-9-12-5-2-1-3-6-12/h1-3,5-6,10-11H,4,8-9H2,(H,17,18,20). The lowest BCUT2D eigenvalue weighted by molar-refractivity contribution is 0.179. The average molecular weight is 294 g/mol. The maximum absolute atomic E-state index is 8.67. The van der Waals surface area contributed by atoms with Gasteiger partial charge in [-0.3, -0.25) is 4.84 Å². The molecule has 0 unspecified atom stereocenters. The van der Waals surface area contributed by atoms with Crippen molar-refractivity contribution in [2.75, 3.05) is 5.48 Å². The highest BCUT2D eigenvalue weighted by Gasteiger charge is 2.09. The molecule has 1 N–H and O–H groups in total. The van der Waals surface area contributed by atoms with E-state index in [9.17, 15) is 0 Å². The van der Waals surface area contributed by atoms with Gasteiger partial charge in [-0.15, -0.1) is 0 Å². The van der Waals surface area contributed by atoms with Crippen LogP contribution in [0.25, 0.3) is 11.2 Å². The highest BCUT2D eigenvalue weighted by molar-refractivity contribution is 5.82. The van der Waals surface area contributed by atoms with Crippen molar-refractivity contribution in [1.82, 2.24) is 19.5 Å². The van der Waals surface area contributed by atoms with Crippen molar-refractivity contribution in [1.29, 1.82) is 5.26 Å². The summed E-state index contributed by atoms with van der Waals surface area (Å²) < 4.78 is 1.82. The predicted molar refractivity (Wildman–Crippen MR) is 80.4 cm³/mol. The first-order chi connectivity index (χ1) is 10.9. The van der Waals surface area contributed by atoms with Crippen molar-refractivity contribution in [3.05, 3.63) is 48.5 Å². The molecule has 22 heavy (non-hydrogen) atoms. The number of nitriles is 1. The Hall–Kier alpha value is -2.98. The van der Waals surface area contributed by atoms with Crippen LogP contribution >= 0.6 is 0 Å². The van der Waals surface area contributed by atoms with Gasteiger partial charge >= 0.3 is 0 Å². The first-order valence-electron chi connectivity index (χ1n) is 6.83. The molecule has 0 radical (unpaired) electrons. The van der Waals surface area contributed by atoms with Crippen LogP contribution in [0.2, 0.25) is 0 Å². The third-order valence-corrected chi connectivity index (χ3v) is 3.12. The Labute approximate surface area is 127 Å². The van der Waals surface area contributed by atoms with Gasteiger partial charge in [-0.2, -0.15) is 5.26 Å². The van der Waals surface area contributed by atoms with E-state index in [1.807, 2.05) is 34.9 Å². The van der Waals surface area contributed by atoms with Gasteiger partial charge in [0, 0.05) is 6.54 Å². The van der Waals surface area contributed by atoms with Gasteiger partial charge in [0.25, 0.3) is 0 Å². The molecule has 3 aromatic rings. The molecular formula is C15H14N6O. The normalized spacial score (nSPS) is 10.5. The second kappa shape index (κ2) is 6.65. The highest BCUT2D eigenvalue weighted by atomic mass is 16.6. The Morgan fingerprint density at radius 1 is 1.18 bits per heavy atom. The van der Waals surface area contributed by atoms with Gasteiger partial charge in [-0.25, -0.2) is 20.4 Å². The van der Waals surface area contributed by atoms with Crippen molar-refractivity contribution < 1.29 is 4.84 Å². The first kappa shape index (κ1) is 14.0. The molecule has 0 atom stereocenters. The Kier molecular flexibility index (Phi) is 4.22. The lowest BCUT2D eigenvalue weighted by Gasteiger charge is -2.06. The molecule has 110 valence electrons. The van der Waals surface area contributed by atoms with Crippen LogP contribution in [0.4, 0.5) is 5.82 Å². The molecular weight excluding hydrogens is 280 g/mol. The van der Waals surface area contributed by atoms with Crippen molar-refractivity contribution >= 4 is 17.0 Å². The summed E-state index contributed by atoms with van der Waals surface area (Å²) in [5.74, 6) is 0.511. The second-order valence-electron chi connectivity index (χ2n) is 4.62. The highest BCUT2D eigenvalue weighted by Crippen LogP contribution is 2.17. The first-order valence-corrected chi connectivity index (χ1v) is 6.83. The Bertz CT molecular complexity index is 793. The summed E-state index contributed by atoms with van der Waals surface area (Å²) in [6.07, 6.45) is 3.50. The maximum atomic E-state index is 8.67. The molecule has 0 aliphatic rings. The maximum Gasteiger partial charge on any atom is 0.181 e. The summed E-state index contributed by atoms with van der Waals surface area (Å²) in [5, 5.41) is 8.67. The predicted octanol–water partition coefficient (Wildman–Crippen LogP) is 2.28. The molecule has 0 amide bonds. The molecule has 0 bridgehead atoms. The summed E-state index contributed by atoms with van der Waals surface area (Å²) in [4.78, 5) is 18.1. The van der Waals surface area contributed by atoms with Gasteiger partial charge in [0.15, 0.2) is 17.0 Å². The van der Waals surface area contributed by atoms with E-state index in [1.165, 1.54) is 6.33 Å². The minimum atomic E-state index is 0.405. The molecule has 0 aliphatic heterocycles. The number of aromatic nitrogens is 4. The number of fused-ring (bicyclic) bond motifs is 1. The monoisotopic (exact) mass is 294 g/mol. The molecule has 0 saturated heterocycles. The molecule has 1 aromatic carbocycles. The van der Waals surface area contributed by atoms with Crippen molar-refractivity contribution in [3.63, 3.8) is 0 Å². The largest absolute Gasteiger partial charge is 0.314 e. The minimum Gasteiger partial charge on any atom is -0.314 e. The van der Waals surface area contributed by atoms with Crippen molar-refractivity contribution in [3.8, 4) is 6.07 Å². The van der Waals surface area contributed by atoms with Crippen LogP contribution in [-0.2, 0) is 18.0 Å². The molecule has 2 aromatic heterocycles. The van der Waals surface area contributed by atoms with E-state index in [1.54, 1.807) is 6.33 Å². The van der Waals surface area contributed by atoms with Gasteiger partial charge in [-0.1, -0.05) is 30.3 Å². The summed E-state index contributed by atoms with van der Waals surface area (Å²) >= 11 is 0.